The maximum absolute atomic E-state index is 15.9. The summed E-state index contributed by atoms with van der Waals surface area (Å²) in [6, 6.07) is 0.193. The number of aromatic nitrogens is 2. The smallest absolute Gasteiger partial charge is 0.256 e. The minimum absolute atomic E-state index is 0.0143. The lowest BCUT2D eigenvalue weighted by Gasteiger charge is -2.38. The minimum atomic E-state index is -0.970. The van der Waals surface area contributed by atoms with Crippen LogP contribution in [0.15, 0.2) is 5.57 Å². The second kappa shape index (κ2) is 9.86. The summed E-state index contributed by atoms with van der Waals surface area (Å²) in [4.78, 5) is 39.9. The number of hydrogen-bond acceptors (Lipinski definition) is 9. The molecule has 0 amide bonds. The molecule has 2 spiro atoms. The van der Waals surface area contributed by atoms with Gasteiger partial charge < -0.3 is 25.6 Å². The van der Waals surface area contributed by atoms with Crippen LogP contribution in [0.2, 0.25) is 0 Å². The summed E-state index contributed by atoms with van der Waals surface area (Å²) in [5.74, 6) is -0.576. The van der Waals surface area contributed by atoms with E-state index in [1.54, 1.807) is 0 Å². The zero-order valence-electron chi connectivity index (χ0n) is 22.4. The van der Waals surface area contributed by atoms with Crippen molar-refractivity contribution in [1.82, 2.24) is 20.2 Å². The van der Waals surface area contributed by atoms with Crippen LogP contribution < -0.4 is 20.7 Å². The van der Waals surface area contributed by atoms with Gasteiger partial charge in [-0.1, -0.05) is 6.42 Å². The fourth-order valence-corrected chi connectivity index (χ4v) is 6.90. The molecule has 206 valence electrons. The van der Waals surface area contributed by atoms with Crippen molar-refractivity contribution in [2.45, 2.75) is 82.2 Å². The Morgan fingerprint density at radius 3 is 2.66 bits per heavy atom. The van der Waals surface area contributed by atoms with E-state index in [1.807, 2.05) is 11.9 Å². The molecule has 5 aliphatic rings. The number of nitrogens with one attached hydrogen (secondary N) is 1. The van der Waals surface area contributed by atoms with Crippen molar-refractivity contribution in [2.75, 3.05) is 44.7 Å². The van der Waals surface area contributed by atoms with Crippen LogP contribution in [-0.4, -0.2) is 77.8 Å². The molecule has 9 nitrogen and oxygen atoms in total. The van der Waals surface area contributed by atoms with Crippen LogP contribution in [0.1, 0.15) is 76.5 Å². The van der Waals surface area contributed by atoms with Gasteiger partial charge in [0.05, 0.1) is 11.1 Å². The number of anilines is 1. The Morgan fingerprint density at radius 2 is 1.92 bits per heavy atom. The fraction of sp³-hybridized carbons (Fsp3) is 0.714. The normalized spacial score (nSPS) is 30.8. The number of allylic oxidation sites excluding steroid dienone is 1. The molecule has 2 atom stereocenters. The second-order valence-corrected chi connectivity index (χ2v) is 12.0. The molecule has 10 heteroatoms. The van der Waals surface area contributed by atoms with Crippen molar-refractivity contribution in [1.29, 1.82) is 0 Å². The average molecular weight is 527 g/mol. The summed E-state index contributed by atoms with van der Waals surface area (Å²) in [5.41, 5.74) is 6.22. The number of ketones is 2. The zero-order valence-corrected chi connectivity index (χ0v) is 22.4. The lowest BCUT2D eigenvalue weighted by Crippen LogP contribution is -2.53. The van der Waals surface area contributed by atoms with Crippen LogP contribution >= 0.6 is 0 Å². The Morgan fingerprint density at radius 1 is 1.11 bits per heavy atom. The third-order valence-corrected chi connectivity index (χ3v) is 9.51. The highest BCUT2D eigenvalue weighted by Crippen LogP contribution is 2.46. The van der Waals surface area contributed by atoms with E-state index in [4.69, 9.17) is 10.5 Å². The van der Waals surface area contributed by atoms with Crippen LogP contribution in [0.4, 0.5) is 10.2 Å². The molecule has 38 heavy (non-hydrogen) atoms. The molecule has 3 N–H and O–H groups in total. The van der Waals surface area contributed by atoms with Crippen LogP contribution in [-0.2, 0) is 9.59 Å². The van der Waals surface area contributed by atoms with Gasteiger partial charge in [-0.15, -0.1) is 0 Å². The van der Waals surface area contributed by atoms with Crippen molar-refractivity contribution in [3.05, 3.63) is 17.2 Å². The van der Waals surface area contributed by atoms with Crippen molar-refractivity contribution in [2.24, 2.45) is 11.1 Å². The number of carbonyl (C=O) groups excluding carboxylic acids is 2. The molecule has 6 rings (SSSR count). The first-order valence-electron chi connectivity index (χ1n) is 14.3. The lowest BCUT2D eigenvalue weighted by atomic mass is 9.62. The Balaban J connectivity index is 1.37. The minimum Gasteiger partial charge on any atom is -0.474 e. The molecule has 5 fully saturated rings. The van der Waals surface area contributed by atoms with Gasteiger partial charge in [0.15, 0.2) is 17.4 Å². The summed E-state index contributed by atoms with van der Waals surface area (Å²) in [7, 11) is 2.05. The molecule has 3 heterocycles. The number of rotatable bonds is 5. The predicted molar refractivity (Wildman–Crippen MR) is 141 cm³/mol. The van der Waals surface area contributed by atoms with Crippen LogP contribution in [0.5, 0.6) is 5.88 Å². The Hall–Kier alpha value is -2.59. The zero-order chi connectivity index (χ0) is 26.5. The van der Waals surface area contributed by atoms with Crippen molar-refractivity contribution < 1.29 is 18.7 Å². The number of ether oxygens (including phenoxy) is 1. The highest BCUT2D eigenvalue weighted by Gasteiger charge is 2.50. The molecule has 0 bridgehead atoms. The summed E-state index contributed by atoms with van der Waals surface area (Å²) in [5, 5.41) is 3.55. The van der Waals surface area contributed by atoms with Gasteiger partial charge in [-0.3, -0.25) is 9.59 Å². The summed E-state index contributed by atoms with van der Waals surface area (Å²) < 4.78 is 21.9. The summed E-state index contributed by atoms with van der Waals surface area (Å²) >= 11 is 0. The van der Waals surface area contributed by atoms with Gasteiger partial charge in [0.2, 0.25) is 5.82 Å². The van der Waals surface area contributed by atoms with Gasteiger partial charge in [0.1, 0.15) is 12.4 Å². The summed E-state index contributed by atoms with van der Waals surface area (Å²) in [6.07, 6.45) is 8.62. The van der Waals surface area contributed by atoms with Gasteiger partial charge in [0.25, 0.3) is 5.88 Å². The lowest BCUT2D eigenvalue weighted by molar-refractivity contribution is -0.143. The monoisotopic (exact) mass is 526 g/mol. The molecule has 2 saturated heterocycles. The van der Waals surface area contributed by atoms with Gasteiger partial charge in [0, 0.05) is 43.2 Å². The Kier molecular flexibility index (Phi) is 6.66. The number of nitrogens with zero attached hydrogens (tertiary/aromatic N) is 4. The second-order valence-electron chi connectivity index (χ2n) is 12.0. The van der Waals surface area contributed by atoms with E-state index < -0.39 is 11.2 Å². The van der Waals surface area contributed by atoms with E-state index in [2.05, 4.69) is 20.2 Å². The highest BCUT2D eigenvalue weighted by atomic mass is 19.1. The maximum Gasteiger partial charge on any atom is 0.256 e. The molecule has 2 aliphatic heterocycles. The molecule has 3 saturated carbocycles. The van der Waals surface area contributed by atoms with E-state index in [1.165, 1.54) is 0 Å². The standard InChI is InChI=1S/C28H39FN6O3/c1-34-14-5-6-18(34)16-38-26-21(29)25(35-15-13-31-27(17-35)11-12-27)32-24(33-26)22(30)19-7-4-10-28(23(19)37)9-3-2-8-20(28)36/h18,31H,2-17,30H2,1H3/b22-19-/t18-,28+/m0/s1. The van der Waals surface area contributed by atoms with Crippen molar-refractivity contribution in [3.63, 3.8) is 0 Å². The van der Waals surface area contributed by atoms with E-state index in [0.29, 0.717) is 57.4 Å². The van der Waals surface area contributed by atoms with Gasteiger partial charge in [-0.2, -0.15) is 9.37 Å². The first kappa shape index (κ1) is 25.7. The number of likely N-dealkylation sites (N-methyl/N-ethyl adjacent to an activating group) is 1. The predicted octanol–water partition coefficient (Wildman–Crippen LogP) is 2.58. The number of Topliss-reactive ketones (excluding diaryl/α,β-unsaturated/α-hetero) is 2. The largest absolute Gasteiger partial charge is 0.474 e. The topological polar surface area (TPSA) is 114 Å². The van der Waals surface area contributed by atoms with Gasteiger partial charge >= 0.3 is 0 Å². The molecule has 1 aromatic heterocycles. The number of carbonyl (C=O) groups is 2. The number of likely N-dealkylation sites (tertiary alicyclic amines) is 1. The third-order valence-electron chi connectivity index (χ3n) is 9.51. The maximum atomic E-state index is 15.9. The van der Waals surface area contributed by atoms with Gasteiger partial charge in [-0.05, 0) is 71.4 Å². The quantitative estimate of drug-likeness (QED) is 0.441. The Labute approximate surface area is 223 Å². The Bertz CT molecular complexity index is 1160. The third kappa shape index (κ3) is 4.49. The number of halogens is 1. The van der Waals surface area contributed by atoms with E-state index >= 15 is 4.39 Å². The van der Waals surface area contributed by atoms with E-state index in [0.717, 1.165) is 51.6 Å². The fourth-order valence-electron chi connectivity index (χ4n) is 6.90. The molecule has 0 radical (unpaired) electrons. The van der Waals surface area contributed by atoms with E-state index in [-0.39, 0.29) is 46.4 Å². The molecule has 0 aromatic carbocycles. The van der Waals surface area contributed by atoms with Gasteiger partial charge in [-0.25, -0.2) is 4.98 Å². The number of hydrogen-bond donors (Lipinski definition) is 2. The summed E-state index contributed by atoms with van der Waals surface area (Å²) in [6.45, 7) is 3.30. The van der Waals surface area contributed by atoms with Crippen molar-refractivity contribution in [3.8, 4) is 5.88 Å². The van der Waals surface area contributed by atoms with Crippen LogP contribution in [0, 0.1) is 11.2 Å². The average Bonchev–Trinajstić information content (AvgIpc) is 3.53. The molecule has 0 unspecified atom stereocenters. The number of nitrogens with two attached hydrogens (primary N) is 1. The first-order valence-corrected chi connectivity index (χ1v) is 14.3. The van der Waals surface area contributed by atoms with Crippen molar-refractivity contribution >= 4 is 23.1 Å². The molecular weight excluding hydrogens is 487 g/mol. The number of piperazine rings is 1. The first-order chi connectivity index (χ1) is 18.3. The molecule has 1 aromatic rings. The van der Waals surface area contributed by atoms with Crippen LogP contribution in [0.25, 0.3) is 5.70 Å². The van der Waals surface area contributed by atoms with E-state index in [9.17, 15) is 9.59 Å². The SMILES string of the molecule is CN1CCC[C@H]1COc1nc(/C(N)=C2\CCC[C@@]3(CCCCC3=O)C2=O)nc(N2CCNC3(CC3)C2)c1F. The molecular formula is C28H39FN6O3. The van der Waals surface area contributed by atoms with Crippen LogP contribution in [0.3, 0.4) is 0 Å². The molecule has 3 aliphatic carbocycles. The highest BCUT2D eigenvalue weighted by molar-refractivity contribution is 6.17.